The van der Waals surface area contributed by atoms with E-state index in [9.17, 15) is 0 Å². The third-order valence-corrected chi connectivity index (χ3v) is 6.22. The van der Waals surface area contributed by atoms with E-state index < -0.39 is 0 Å². The molecule has 0 bridgehead atoms. The SMILES string of the molecule is COc1cc2c(cc1OC)C(=S)N(CCC(C)(N)CCc1ccsc1)C2. The summed E-state index contributed by atoms with van der Waals surface area (Å²) in [7, 11) is 3.30. The second kappa shape index (κ2) is 7.94. The zero-order chi connectivity index (χ0) is 18.7. The number of fused-ring (bicyclic) bond motifs is 1. The molecule has 6 heteroatoms. The molecule has 0 aliphatic carbocycles. The van der Waals surface area contributed by atoms with E-state index in [2.05, 4.69) is 28.7 Å². The van der Waals surface area contributed by atoms with Crippen LogP contribution in [0.4, 0.5) is 0 Å². The zero-order valence-electron chi connectivity index (χ0n) is 15.6. The first-order valence-electron chi connectivity index (χ1n) is 8.77. The van der Waals surface area contributed by atoms with Gasteiger partial charge in [-0.05, 0) is 66.3 Å². The van der Waals surface area contributed by atoms with Crippen molar-refractivity contribution in [1.82, 2.24) is 4.90 Å². The van der Waals surface area contributed by atoms with Crippen molar-refractivity contribution >= 4 is 28.5 Å². The van der Waals surface area contributed by atoms with Gasteiger partial charge in [0.1, 0.15) is 4.99 Å². The fourth-order valence-electron chi connectivity index (χ4n) is 3.26. The third kappa shape index (κ3) is 4.19. The molecule has 2 aromatic rings. The van der Waals surface area contributed by atoms with E-state index in [1.807, 2.05) is 12.1 Å². The maximum absolute atomic E-state index is 6.55. The largest absolute Gasteiger partial charge is 0.493 e. The van der Waals surface area contributed by atoms with Crippen LogP contribution in [-0.4, -0.2) is 36.2 Å². The van der Waals surface area contributed by atoms with Gasteiger partial charge in [-0.3, -0.25) is 0 Å². The van der Waals surface area contributed by atoms with Gasteiger partial charge in [0.2, 0.25) is 0 Å². The minimum Gasteiger partial charge on any atom is -0.493 e. The van der Waals surface area contributed by atoms with E-state index in [1.54, 1.807) is 25.6 Å². The van der Waals surface area contributed by atoms with E-state index in [-0.39, 0.29) is 5.54 Å². The van der Waals surface area contributed by atoms with Gasteiger partial charge in [-0.15, -0.1) is 0 Å². The van der Waals surface area contributed by atoms with E-state index in [1.165, 1.54) is 11.1 Å². The lowest BCUT2D eigenvalue weighted by atomic mass is 9.91. The average molecular weight is 391 g/mol. The Bertz CT molecular complexity index is 772. The Morgan fingerprint density at radius 3 is 2.62 bits per heavy atom. The Kier molecular flexibility index (Phi) is 5.85. The van der Waals surface area contributed by atoms with Crippen molar-refractivity contribution < 1.29 is 9.47 Å². The van der Waals surface area contributed by atoms with Crippen molar-refractivity contribution in [2.45, 2.75) is 38.3 Å². The molecule has 26 heavy (non-hydrogen) atoms. The van der Waals surface area contributed by atoms with Gasteiger partial charge in [0.25, 0.3) is 0 Å². The summed E-state index contributed by atoms with van der Waals surface area (Å²) in [5.74, 6) is 1.46. The predicted molar refractivity (Wildman–Crippen MR) is 112 cm³/mol. The highest BCUT2D eigenvalue weighted by molar-refractivity contribution is 7.80. The van der Waals surface area contributed by atoms with Crippen LogP contribution in [0.3, 0.4) is 0 Å². The fraction of sp³-hybridized carbons (Fsp3) is 0.450. The summed E-state index contributed by atoms with van der Waals surface area (Å²) >= 11 is 7.43. The molecule has 4 nitrogen and oxygen atoms in total. The number of aryl methyl sites for hydroxylation is 1. The van der Waals surface area contributed by atoms with Gasteiger partial charge >= 0.3 is 0 Å². The molecule has 140 valence electrons. The molecule has 1 aromatic carbocycles. The molecule has 0 fully saturated rings. The van der Waals surface area contributed by atoms with Crippen LogP contribution >= 0.6 is 23.6 Å². The normalized spacial score (nSPS) is 15.7. The highest BCUT2D eigenvalue weighted by atomic mass is 32.1. The first kappa shape index (κ1) is 19.1. The number of hydrogen-bond donors (Lipinski definition) is 1. The Hall–Kier alpha value is -1.63. The number of nitrogens with zero attached hydrogens (tertiary/aromatic N) is 1. The second-order valence-corrected chi connectivity index (χ2v) is 8.29. The molecule has 2 heterocycles. The van der Waals surface area contributed by atoms with Crippen LogP contribution in [0, 0.1) is 0 Å². The van der Waals surface area contributed by atoms with Crippen LogP contribution in [0.5, 0.6) is 11.5 Å². The minimum absolute atomic E-state index is 0.207. The summed E-state index contributed by atoms with van der Waals surface area (Å²) in [6.07, 6.45) is 2.90. The summed E-state index contributed by atoms with van der Waals surface area (Å²) in [6.45, 7) is 3.79. The molecule has 0 saturated heterocycles. The second-order valence-electron chi connectivity index (χ2n) is 7.13. The van der Waals surface area contributed by atoms with Crippen molar-refractivity contribution in [3.8, 4) is 11.5 Å². The first-order valence-corrected chi connectivity index (χ1v) is 10.1. The average Bonchev–Trinajstić information content (AvgIpc) is 3.25. The molecule has 2 N–H and O–H groups in total. The van der Waals surface area contributed by atoms with Crippen LogP contribution in [0.25, 0.3) is 0 Å². The number of thiocarbonyl (C=S) groups is 1. The predicted octanol–water partition coefficient (Wildman–Crippen LogP) is 4.00. The fourth-order valence-corrected chi connectivity index (χ4v) is 4.31. The number of benzene rings is 1. The summed E-state index contributed by atoms with van der Waals surface area (Å²) in [6, 6.07) is 6.18. The maximum Gasteiger partial charge on any atom is 0.161 e. The third-order valence-electron chi connectivity index (χ3n) is 5.01. The number of nitrogens with two attached hydrogens (primary N) is 1. The topological polar surface area (TPSA) is 47.7 Å². The van der Waals surface area contributed by atoms with Gasteiger partial charge < -0.3 is 20.1 Å². The summed E-state index contributed by atoms with van der Waals surface area (Å²) in [5, 5.41) is 4.31. The first-order chi connectivity index (χ1) is 12.4. The minimum atomic E-state index is -0.207. The van der Waals surface area contributed by atoms with Crippen molar-refractivity contribution in [1.29, 1.82) is 0 Å². The number of rotatable bonds is 8. The van der Waals surface area contributed by atoms with Crippen molar-refractivity contribution in [2.75, 3.05) is 20.8 Å². The molecule has 0 amide bonds. The molecule has 1 aliphatic heterocycles. The van der Waals surface area contributed by atoms with Crippen LogP contribution in [0.15, 0.2) is 29.0 Å². The van der Waals surface area contributed by atoms with Crippen LogP contribution in [0.1, 0.15) is 36.5 Å². The van der Waals surface area contributed by atoms with Crippen molar-refractivity contribution in [3.05, 3.63) is 45.6 Å². The Morgan fingerprint density at radius 1 is 1.23 bits per heavy atom. The lowest BCUT2D eigenvalue weighted by Gasteiger charge is -2.28. The van der Waals surface area contributed by atoms with E-state index in [0.29, 0.717) is 0 Å². The standard InChI is InChI=1S/C20H26N2O2S2/c1-20(21,6-4-14-5-9-26-13-14)7-8-22-12-15-10-17(23-2)18(24-3)11-16(15)19(22)25/h5,9-11,13H,4,6-8,12,21H2,1-3H3. The van der Waals surface area contributed by atoms with Gasteiger partial charge in [0.15, 0.2) is 11.5 Å². The van der Waals surface area contributed by atoms with Gasteiger partial charge in [-0.25, -0.2) is 0 Å². The zero-order valence-corrected chi connectivity index (χ0v) is 17.2. The van der Waals surface area contributed by atoms with E-state index >= 15 is 0 Å². The molecule has 1 aliphatic rings. The van der Waals surface area contributed by atoms with Crippen LogP contribution < -0.4 is 15.2 Å². The molecule has 1 atom stereocenters. The molecular weight excluding hydrogens is 364 g/mol. The number of thiophene rings is 1. The molecule has 0 radical (unpaired) electrons. The molecular formula is C20H26N2O2S2. The van der Waals surface area contributed by atoms with Crippen molar-refractivity contribution in [2.24, 2.45) is 5.73 Å². The molecule has 1 aromatic heterocycles. The monoisotopic (exact) mass is 390 g/mol. The molecule has 3 rings (SSSR count). The number of methoxy groups -OCH3 is 2. The molecule has 0 spiro atoms. The summed E-state index contributed by atoms with van der Waals surface area (Å²) in [4.78, 5) is 3.10. The van der Waals surface area contributed by atoms with E-state index in [0.717, 1.165) is 54.4 Å². The van der Waals surface area contributed by atoms with Gasteiger partial charge in [-0.2, -0.15) is 11.3 Å². The molecule has 0 saturated carbocycles. The number of ether oxygens (including phenoxy) is 2. The van der Waals surface area contributed by atoms with Gasteiger partial charge in [0, 0.05) is 24.2 Å². The Labute approximate surface area is 164 Å². The quantitative estimate of drug-likeness (QED) is 0.691. The molecule has 1 unspecified atom stereocenters. The maximum atomic E-state index is 6.55. The summed E-state index contributed by atoms with van der Waals surface area (Å²) in [5.41, 5.74) is 9.96. The van der Waals surface area contributed by atoms with Gasteiger partial charge in [0.05, 0.1) is 14.2 Å². The van der Waals surface area contributed by atoms with Gasteiger partial charge in [-0.1, -0.05) is 12.2 Å². The van der Waals surface area contributed by atoms with Crippen LogP contribution in [0.2, 0.25) is 0 Å². The lowest BCUT2D eigenvalue weighted by Crippen LogP contribution is -2.40. The smallest absolute Gasteiger partial charge is 0.161 e. The Morgan fingerprint density at radius 2 is 1.96 bits per heavy atom. The number of hydrogen-bond acceptors (Lipinski definition) is 5. The van der Waals surface area contributed by atoms with Crippen LogP contribution in [-0.2, 0) is 13.0 Å². The van der Waals surface area contributed by atoms with E-state index in [4.69, 9.17) is 27.4 Å². The highest BCUT2D eigenvalue weighted by Gasteiger charge is 2.28. The lowest BCUT2D eigenvalue weighted by molar-refractivity contribution is 0.330. The summed E-state index contributed by atoms with van der Waals surface area (Å²) < 4.78 is 10.8. The Balaban J connectivity index is 1.61. The van der Waals surface area contributed by atoms with Crippen molar-refractivity contribution in [3.63, 3.8) is 0 Å². The highest BCUT2D eigenvalue weighted by Crippen LogP contribution is 2.35.